The molecule has 51 heavy (non-hydrogen) atoms. The Hall–Kier alpha value is -4.21. The highest BCUT2D eigenvalue weighted by atomic mass is 16.5. The number of likely N-dealkylation sites (tertiary alicyclic amines) is 1. The summed E-state index contributed by atoms with van der Waals surface area (Å²) in [6, 6.07) is 17.5. The van der Waals surface area contributed by atoms with Crippen LogP contribution in [-0.2, 0) is 6.54 Å². The number of carbonyl (C=O) groups excluding carboxylic acids is 1. The molecule has 2 N–H and O–H groups in total. The van der Waals surface area contributed by atoms with Crippen LogP contribution in [0.2, 0.25) is 0 Å². The van der Waals surface area contributed by atoms with Gasteiger partial charge in [-0.05, 0) is 110 Å². The van der Waals surface area contributed by atoms with E-state index >= 15 is 0 Å². The maximum atomic E-state index is 14.5. The van der Waals surface area contributed by atoms with Gasteiger partial charge in [0.25, 0.3) is 5.56 Å². The summed E-state index contributed by atoms with van der Waals surface area (Å²) in [5, 5.41) is 7.02. The zero-order valence-electron chi connectivity index (χ0n) is 31.4. The van der Waals surface area contributed by atoms with Crippen molar-refractivity contribution in [2.24, 2.45) is 5.92 Å². The number of nitrogens with one attached hydrogen (secondary N) is 2. The van der Waals surface area contributed by atoms with Gasteiger partial charge < -0.3 is 15.4 Å². The van der Waals surface area contributed by atoms with E-state index in [4.69, 9.17) is 9.72 Å². The number of piperidine rings is 1. The lowest BCUT2D eigenvalue weighted by Crippen LogP contribution is -2.51. The fourth-order valence-electron chi connectivity index (χ4n) is 7.69. The van der Waals surface area contributed by atoms with Crippen LogP contribution in [-0.4, -0.2) is 64.3 Å². The van der Waals surface area contributed by atoms with Crippen molar-refractivity contribution >= 4 is 28.4 Å². The number of hydrogen-bond acceptors (Lipinski definition) is 6. The summed E-state index contributed by atoms with van der Waals surface area (Å²) in [7, 11) is 0. The van der Waals surface area contributed by atoms with Gasteiger partial charge in [0.1, 0.15) is 23.7 Å². The third-order valence-electron chi connectivity index (χ3n) is 10.6. The zero-order valence-corrected chi connectivity index (χ0v) is 31.4. The number of aromatic nitrogens is 2. The van der Waals surface area contributed by atoms with Gasteiger partial charge in [-0.15, -0.1) is 0 Å². The maximum absolute atomic E-state index is 14.5. The third-order valence-corrected chi connectivity index (χ3v) is 10.6. The van der Waals surface area contributed by atoms with Crippen LogP contribution in [0.3, 0.4) is 0 Å². The van der Waals surface area contributed by atoms with Gasteiger partial charge >= 0.3 is 6.03 Å². The van der Waals surface area contributed by atoms with Gasteiger partial charge in [0, 0.05) is 35.9 Å². The van der Waals surface area contributed by atoms with Gasteiger partial charge in [-0.1, -0.05) is 71.9 Å². The fraction of sp³-hybridized carbons (Fsp3) is 0.500. The molecule has 2 fully saturated rings. The van der Waals surface area contributed by atoms with E-state index < -0.39 is 6.03 Å². The van der Waals surface area contributed by atoms with Crippen molar-refractivity contribution in [3.63, 3.8) is 0 Å². The summed E-state index contributed by atoms with van der Waals surface area (Å²) in [6.07, 6.45) is 8.02. The number of anilines is 2. The topological polar surface area (TPSA) is 91.7 Å². The molecule has 1 aliphatic carbocycles. The second kappa shape index (κ2) is 16.4. The van der Waals surface area contributed by atoms with Crippen LogP contribution in [0.15, 0.2) is 65.6 Å². The molecule has 0 radical (unpaired) electrons. The number of pyridine rings is 2. The number of benzene rings is 2. The molecule has 2 aromatic heterocycles. The molecule has 9 heteroatoms. The van der Waals surface area contributed by atoms with Crippen molar-refractivity contribution in [1.82, 2.24) is 19.4 Å². The Morgan fingerprint density at radius 1 is 0.922 bits per heavy atom. The van der Waals surface area contributed by atoms with Gasteiger partial charge in [0.05, 0.1) is 6.17 Å². The molecule has 9 nitrogen and oxygen atoms in total. The summed E-state index contributed by atoms with van der Waals surface area (Å²) in [5.74, 6) is 1.58. The number of urea groups is 1. The highest BCUT2D eigenvalue weighted by molar-refractivity contribution is 6.07. The Morgan fingerprint density at radius 2 is 1.63 bits per heavy atom. The lowest BCUT2D eigenvalue weighted by molar-refractivity contribution is 0.0120. The Morgan fingerprint density at radius 3 is 2.31 bits per heavy atom. The minimum atomic E-state index is -0.443. The molecular formula is C42H56N6O3. The standard InChI is InChI=1S/C42H56N6O3/c1-7-46(8-2)36-19-9-10-23-47(36)24-25-51-32-15-11-14-31(26-32)37-35-18-13-22-43-40(35)48(27-30-20-21-30)41(49)39(37)45-42(50)44-38-33(28(3)4)16-12-17-34(38)29(5)6/h11-18,22,26,28-30,36H,7-10,19-21,23-25,27H2,1-6H3,(H2,44,45,50). The lowest BCUT2D eigenvalue weighted by atomic mass is 9.93. The summed E-state index contributed by atoms with van der Waals surface area (Å²) in [5.41, 5.74) is 4.98. The predicted octanol–water partition coefficient (Wildman–Crippen LogP) is 8.90. The third kappa shape index (κ3) is 8.31. The van der Waals surface area contributed by atoms with E-state index in [0.717, 1.165) is 72.5 Å². The quantitative estimate of drug-likeness (QED) is 0.137. The second-order valence-corrected chi connectivity index (χ2v) is 14.8. The number of para-hydroxylation sites is 1. The van der Waals surface area contributed by atoms with Gasteiger partial charge in [-0.25, -0.2) is 9.78 Å². The molecule has 1 saturated heterocycles. The number of fused-ring (bicyclic) bond motifs is 1. The maximum Gasteiger partial charge on any atom is 0.323 e. The van der Waals surface area contributed by atoms with Crippen LogP contribution in [0.25, 0.3) is 22.2 Å². The molecule has 0 bridgehead atoms. The first-order chi connectivity index (χ1) is 24.7. The van der Waals surface area contributed by atoms with E-state index in [0.29, 0.717) is 36.4 Å². The summed E-state index contributed by atoms with van der Waals surface area (Å²) >= 11 is 0. The number of carbonyl (C=O) groups is 1. The minimum absolute atomic E-state index is 0.206. The number of ether oxygens (including phenoxy) is 1. The van der Waals surface area contributed by atoms with Gasteiger partial charge in [-0.3, -0.25) is 19.2 Å². The number of nitrogens with zero attached hydrogens (tertiary/aromatic N) is 4. The SMILES string of the molecule is CCN(CC)C1CCCCN1CCOc1cccc(-c2c(NC(=O)Nc3c(C(C)C)cccc3C(C)C)c(=O)n(CC3CC3)c3ncccc23)c1. The Balaban J connectivity index is 1.34. The molecule has 1 unspecified atom stereocenters. The lowest BCUT2D eigenvalue weighted by Gasteiger charge is -2.42. The molecule has 2 amide bonds. The molecule has 1 saturated carbocycles. The predicted molar refractivity (Wildman–Crippen MR) is 209 cm³/mol. The zero-order chi connectivity index (χ0) is 36.1. The van der Waals surface area contributed by atoms with Crippen LogP contribution in [0, 0.1) is 5.92 Å². The number of hydrogen-bond donors (Lipinski definition) is 2. The van der Waals surface area contributed by atoms with Crippen molar-refractivity contribution in [1.29, 1.82) is 0 Å². The smallest absolute Gasteiger partial charge is 0.323 e. The van der Waals surface area contributed by atoms with Crippen LogP contribution in [0.5, 0.6) is 5.75 Å². The molecule has 272 valence electrons. The van der Waals surface area contributed by atoms with E-state index in [1.165, 1.54) is 19.3 Å². The van der Waals surface area contributed by atoms with E-state index in [2.05, 4.69) is 74.1 Å². The Bertz CT molecular complexity index is 1850. The number of amides is 2. The molecule has 1 atom stereocenters. The largest absolute Gasteiger partial charge is 0.492 e. The van der Waals surface area contributed by atoms with E-state index in [-0.39, 0.29) is 23.1 Å². The van der Waals surface area contributed by atoms with Crippen LogP contribution >= 0.6 is 0 Å². The highest BCUT2D eigenvalue weighted by Gasteiger charge is 2.28. The first-order valence-electron chi connectivity index (χ1n) is 19.1. The Labute approximate surface area is 303 Å². The second-order valence-electron chi connectivity index (χ2n) is 14.8. The normalized spacial score (nSPS) is 16.7. The molecule has 2 aromatic carbocycles. The molecular weight excluding hydrogens is 637 g/mol. The molecule has 1 aliphatic heterocycles. The first-order valence-corrected chi connectivity index (χ1v) is 19.1. The van der Waals surface area contributed by atoms with Crippen molar-refractivity contribution < 1.29 is 9.53 Å². The monoisotopic (exact) mass is 692 g/mol. The minimum Gasteiger partial charge on any atom is -0.492 e. The fourth-order valence-corrected chi connectivity index (χ4v) is 7.69. The van der Waals surface area contributed by atoms with Crippen molar-refractivity contribution in [3.05, 3.63) is 82.3 Å². The van der Waals surface area contributed by atoms with E-state index in [1.807, 2.05) is 42.5 Å². The van der Waals surface area contributed by atoms with Crippen LogP contribution in [0.1, 0.15) is 96.6 Å². The summed E-state index contributed by atoms with van der Waals surface area (Å²) in [6.45, 7) is 18.1. The highest BCUT2D eigenvalue weighted by Crippen LogP contribution is 2.38. The molecule has 6 rings (SSSR count). The van der Waals surface area contributed by atoms with Gasteiger partial charge in [0.15, 0.2) is 0 Å². The molecule has 4 aromatic rings. The van der Waals surface area contributed by atoms with E-state index in [9.17, 15) is 9.59 Å². The van der Waals surface area contributed by atoms with E-state index in [1.54, 1.807) is 10.8 Å². The van der Waals surface area contributed by atoms with Crippen LogP contribution in [0.4, 0.5) is 16.2 Å². The Kier molecular flexibility index (Phi) is 11.8. The average molecular weight is 693 g/mol. The molecule has 2 aliphatic rings. The summed E-state index contributed by atoms with van der Waals surface area (Å²) in [4.78, 5) is 38.3. The number of rotatable bonds is 14. The van der Waals surface area contributed by atoms with Gasteiger partial charge in [0.2, 0.25) is 0 Å². The average Bonchev–Trinajstić information content (AvgIpc) is 3.95. The van der Waals surface area contributed by atoms with Crippen molar-refractivity contribution in [3.8, 4) is 16.9 Å². The van der Waals surface area contributed by atoms with Crippen molar-refractivity contribution in [2.45, 2.75) is 98.2 Å². The van der Waals surface area contributed by atoms with Crippen molar-refractivity contribution in [2.75, 3.05) is 43.4 Å². The summed E-state index contributed by atoms with van der Waals surface area (Å²) < 4.78 is 8.15. The first kappa shape index (κ1) is 36.6. The van der Waals surface area contributed by atoms with Gasteiger partial charge in [-0.2, -0.15) is 0 Å². The molecule has 3 heterocycles. The molecule has 0 spiro atoms. The van der Waals surface area contributed by atoms with Crippen LogP contribution < -0.4 is 20.9 Å².